The summed E-state index contributed by atoms with van der Waals surface area (Å²) in [6.45, 7) is 4.62. The summed E-state index contributed by atoms with van der Waals surface area (Å²) in [5.41, 5.74) is 8.06. The summed E-state index contributed by atoms with van der Waals surface area (Å²) >= 11 is 5.94. The molecular weight excluding hydrogens is 443 g/mol. The van der Waals surface area contributed by atoms with Crippen LogP contribution in [0.25, 0.3) is 5.52 Å². The second-order valence-electron chi connectivity index (χ2n) is 8.08. The van der Waals surface area contributed by atoms with E-state index in [1.54, 1.807) is 23.0 Å². The summed E-state index contributed by atoms with van der Waals surface area (Å²) < 4.78 is 22.1. The highest BCUT2D eigenvalue weighted by molar-refractivity contribution is 6.30. The van der Waals surface area contributed by atoms with Gasteiger partial charge in [-0.25, -0.2) is 14.4 Å². The highest BCUT2D eigenvalue weighted by Crippen LogP contribution is 2.32. The number of fused-ring (bicyclic) bond motifs is 1. The predicted octanol–water partition coefficient (Wildman–Crippen LogP) is 5.43. The Morgan fingerprint density at radius 2 is 2.06 bits per heavy atom. The number of aliphatic imine (C=N–C) groups is 1. The maximum atomic E-state index is 14.5. The topological polar surface area (TPSA) is 60.2 Å². The van der Waals surface area contributed by atoms with Crippen molar-refractivity contribution in [2.45, 2.75) is 26.3 Å². The Morgan fingerprint density at radius 3 is 2.91 bits per heavy atom. The molecule has 1 N–H and O–H groups in total. The zero-order valence-electron chi connectivity index (χ0n) is 18.2. The second kappa shape index (κ2) is 8.84. The van der Waals surface area contributed by atoms with Crippen molar-refractivity contribution < 1.29 is 14.0 Å². The summed E-state index contributed by atoms with van der Waals surface area (Å²) in [7, 11) is 0. The zero-order chi connectivity index (χ0) is 22.9. The minimum absolute atomic E-state index is 0.0133. The third-order valence-corrected chi connectivity index (χ3v) is 5.89. The standard InChI is InChI=1S/C25H22ClFN4O2/c1-15-6-7-17(16(2)10-15)11-18-14-32-30-25(29-18)20-12-19-8-9-28-31(19)13-23(20)33-22-5-3-4-21(26)24(22)27/h3-10,12-13,18H,11,14H2,1-2H3,(H,29,30). The Balaban J connectivity index is 1.52. The highest BCUT2D eigenvalue weighted by Gasteiger charge is 2.22. The lowest BCUT2D eigenvalue weighted by molar-refractivity contribution is 0.0623. The van der Waals surface area contributed by atoms with Crippen LogP contribution < -0.4 is 10.2 Å². The zero-order valence-corrected chi connectivity index (χ0v) is 18.9. The van der Waals surface area contributed by atoms with Crippen LogP contribution in [0.1, 0.15) is 22.3 Å². The summed E-state index contributed by atoms with van der Waals surface area (Å²) in [6, 6.07) is 14.7. The molecule has 1 aliphatic heterocycles. The molecule has 2 aromatic carbocycles. The van der Waals surface area contributed by atoms with Gasteiger partial charge in [0.15, 0.2) is 23.2 Å². The molecule has 2 aromatic heterocycles. The summed E-state index contributed by atoms with van der Waals surface area (Å²) in [6.07, 6.45) is 4.10. The molecule has 0 radical (unpaired) electrons. The van der Waals surface area contributed by atoms with Crippen LogP contribution in [-0.4, -0.2) is 28.1 Å². The molecule has 0 spiro atoms. The first-order valence-corrected chi connectivity index (χ1v) is 11.0. The first kappa shape index (κ1) is 21.4. The van der Waals surface area contributed by atoms with E-state index in [0.717, 1.165) is 11.9 Å². The number of benzene rings is 2. The van der Waals surface area contributed by atoms with Crippen LogP contribution in [-0.2, 0) is 11.3 Å². The van der Waals surface area contributed by atoms with Gasteiger partial charge in [-0.3, -0.25) is 9.83 Å². The average molecular weight is 465 g/mol. The first-order chi connectivity index (χ1) is 16.0. The first-order valence-electron chi connectivity index (χ1n) is 10.6. The van der Waals surface area contributed by atoms with E-state index in [4.69, 9.17) is 26.2 Å². The van der Waals surface area contributed by atoms with E-state index in [0.29, 0.717) is 23.8 Å². The Kier molecular flexibility index (Phi) is 5.74. The minimum atomic E-state index is -0.631. The summed E-state index contributed by atoms with van der Waals surface area (Å²) in [5, 5.41) is 4.25. The van der Waals surface area contributed by atoms with Crippen LogP contribution >= 0.6 is 11.6 Å². The Labute approximate surface area is 195 Å². The number of hydrogen-bond donors (Lipinski definition) is 1. The van der Waals surface area contributed by atoms with Crippen LogP contribution in [0.2, 0.25) is 5.02 Å². The van der Waals surface area contributed by atoms with Crippen molar-refractivity contribution in [2.75, 3.05) is 6.61 Å². The van der Waals surface area contributed by atoms with Crippen LogP contribution in [0.4, 0.5) is 4.39 Å². The molecule has 0 fully saturated rings. The highest BCUT2D eigenvalue weighted by atomic mass is 35.5. The lowest BCUT2D eigenvalue weighted by Crippen LogP contribution is -2.37. The van der Waals surface area contributed by atoms with Gasteiger partial charge in [-0.2, -0.15) is 5.10 Å². The molecule has 1 aliphatic rings. The number of pyridine rings is 1. The lowest BCUT2D eigenvalue weighted by atomic mass is 9.99. The number of aromatic nitrogens is 2. The number of hydrogen-bond acceptors (Lipinski definition) is 5. The number of nitrogens with one attached hydrogen (secondary N) is 1. The fourth-order valence-electron chi connectivity index (χ4n) is 3.90. The van der Waals surface area contributed by atoms with Gasteiger partial charge in [0.1, 0.15) is 0 Å². The minimum Gasteiger partial charge on any atom is -0.452 e. The molecule has 0 bridgehead atoms. The molecule has 3 heterocycles. The van der Waals surface area contributed by atoms with E-state index in [1.807, 2.05) is 12.1 Å². The van der Waals surface area contributed by atoms with Gasteiger partial charge in [0.05, 0.1) is 34.9 Å². The SMILES string of the molecule is Cc1ccc(CC2CONC(c3cc4ccnn4cc3Oc3cccc(Cl)c3F)=N2)c(C)c1. The number of aryl methyl sites for hydroxylation is 2. The number of halogens is 2. The van der Waals surface area contributed by atoms with Gasteiger partial charge in [-0.1, -0.05) is 41.4 Å². The molecule has 0 saturated carbocycles. The number of hydroxylamine groups is 1. The molecule has 6 nitrogen and oxygen atoms in total. The molecule has 1 atom stereocenters. The van der Waals surface area contributed by atoms with Crippen molar-refractivity contribution in [1.29, 1.82) is 0 Å². The quantitative estimate of drug-likeness (QED) is 0.428. The van der Waals surface area contributed by atoms with Gasteiger partial charge < -0.3 is 4.74 Å². The molecule has 33 heavy (non-hydrogen) atoms. The van der Waals surface area contributed by atoms with E-state index in [9.17, 15) is 4.39 Å². The molecule has 0 aliphatic carbocycles. The van der Waals surface area contributed by atoms with E-state index in [-0.39, 0.29) is 16.8 Å². The summed E-state index contributed by atoms with van der Waals surface area (Å²) in [4.78, 5) is 10.6. The van der Waals surface area contributed by atoms with E-state index >= 15 is 0 Å². The molecule has 1 unspecified atom stereocenters. The van der Waals surface area contributed by atoms with E-state index < -0.39 is 5.82 Å². The largest absolute Gasteiger partial charge is 0.452 e. The smallest absolute Gasteiger partial charge is 0.184 e. The fourth-order valence-corrected chi connectivity index (χ4v) is 4.07. The third-order valence-electron chi connectivity index (χ3n) is 5.60. The van der Waals surface area contributed by atoms with Crippen molar-refractivity contribution in [3.8, 4) is 11.5 Å². The second-order valence-corrected chi connectivity index (χ2v) is 8.49. The Bertz CT molecular complexity index is 1370. The van der Waals surface area contributed by atoms with Crippen molar-refractivity contribution in [3.05, 3.63) is 94.0 Å². The van der Waals surface area contributed by atoms with E-state index in [2.05, 4.69) is 42.6 Å². The number of nitrogens with zero attached hydrogens (tertiary/aromatic N) is 3. The van der Waals surface area contributed by atoms with Gasteiger partial charge in [-0.05, 0) is 55.7 Å². The predicted molar refractivity (Wildman–Crippen MR) is 126 cm³/mol. The van der Waals surface area contributed by atoms with Gasteiger partial charge in [0, 0.05) is 6.20 Å². The maximum absolute atomic E-state index is 14.5. The van der Waals surface area contributed by atoms with Crippen molar-refractivity contribution >= 4 is 23.0 Å². The number of ether oxygens (including phenoxy) is 1. The Hall–Kier alpha value is -3.42. The molecule has 4 aromatic rings. The molecule has 0 saturated heterocycles. The van der Waals surface area contributed by atoms with Crippen molar-refractivity contribution in [3.63, 3.8) is 0 Å². The monoisotopic (exact) mass is 464 g/mol. The van der Waals surface area contributed by atoms with Crippen molar-refractivity contribution in [1.82, 2.24) is 15.1 Å². The third kappa shape index (κ3) is 4.42. The molecule has 168 valence electrons. The van der Waals surface area contributed by atoms with Gasteiger partial charge in [-0.15, -0.1) is 0 Å². The van der Waals surface area contributed by atoms with Crippen LogP contribution in [0.15, 0.2) is 65.9 Å². The van der Waals surface area contributed by atoms with Gasteiger partial charge in [0.2, 0.25) is 0 Å². The molecular formula is C25H22ClFN4O2. The maximum Gasteiger partial charge on any atom is 0.184 e. The lowest BCUT2D eigenvalue weighted by Gasteiger charge is -2.24. The Morgan fingerprint density at radius 1 is 1.18 bits per heavy atom. The van der Waals surface area contributed by atoms with E-state index in [1.165, 1.54) is 28.8 Å². The molecule has 0 amide bonds. The fraction of sp³-hybridized carbons (Fsp3) is 0.200. The number of amidine groups is 1. The van der Waals surface area contributed by atoms with Crippen LogP contribution in [0, 0.1) is 19.7 Å². The molecule has 8 heteroatoms. The normalized spacial score (nSPS) is 15.9. The van der Waals surface area contributed by atoms with Gasteiger partial charge in [0.25, 0.3) is 0 Å². The average Bonchev–Trinajstić information content (AvgIpc) is 3.26. The number of rotatable bonds is 5. The van der Waals surface area contributed by atoms with Crippen LogP contribution in [0.3, 0.4) is 0 Å². The van der Waals surface area contributed by atoms with Crippen molar-refractivity contribution in [2.24, 2.45) is 4.99 Å². The van der Waals surface area contributed by atoms with Gasteiger partial charge >= 0.3 is 0 Å². The molecule has 5 rings (SSSR count). The summed E-state index contributed by atoms with van der Waals surface area (Å²) in [5.74, 6) is 0.263. The van der Waals surface area contributed by atoms with Crippen LogP contribution in [0.5, 0.6) is 11.5 Å².